The largest absolute Gasteiger partial charge is 0.507 e. The molecule has 0 spiro atoms. The molecule has 0 bridgehead atoms. The second kappa shape index (κ2) is 3.81. The van der Waals surface area contributed by atoms with Gasteiger partial charge >= 0.3 is 0 Å². The van der Waals surface area contributed by atoms with Crippen molar-refractivity contribution >= 4 is 5.69 Å². The highest BCUT2D eigenvalue weighted by Gasteiger charge is 2.11. The van der Waals surface area contributed by atoms with Crippen LogP contribution in [-0.2, 0) is 0 Å². The topological polar surface area (TPSA) is 72.0 Å². The molecule has 1 aromatic heterocycles. The second-order valence-corrected chi connectivity index (χ2v) is 3.64. The first-order valence-electron chi connectivity index (χ1n) is 4.98. The van der Waals surface area contributed by atoms with Crippen molar-refractivity contribution in [2.24, 2.45) is 0 Å². The van der Waals surface area contributed by atoms with Crippen molar-refractivity contribution in [2.45, 2.75) is 13.8 Å². The third-order valence-electron chi connectivity index (χ3n) is 2.41. The molecule has 82 valence electrons. The molecule has 4 nitrogen and oxygen atoms in total. The number of para-hydroxylation sites is 1. The Morgan fingerprint density at radius 3 is 2.50 bits per heavy atom. The number of phenolic OH excluding ortho intramolecular Hbond substituents is 1. The summed E-state index contributed by atoms with van der Waals surface area (Å²) in [7, 11) is 0. The number of aryl methyl sites for hydroxylation is 2. The highest BCUT2D eigenvalue weighted by atomic mass is 16.3. The third-order valence-corrected chi connectivity index (χ3v) is 2.41. The molecular weight excluding hydrogens is 202 g/mol. The molecule has 0 unspecified atom stereocenters. The minimum Gasteiger partial charge on any atom is -0.507 e. The molecule has 0 saturated carbocycles. The Kier molecular flexibility index (Phi) is 2.48. The number of aromatic nitrogens is 2. The molecule has 2 rings (SSSR count). The van der Waals surface area contributed by atoms with Crippen molar-refractivity contribution < 1.29 is 5.11 Å². The first-order chi connectivity index (χ1) is 7.59. The second-order valence-electron chi connectivity index (χ2n) is 3.64. The van der Waals surface area contributed by atoms with Crippen LogP contribution >= 0.6 is 0 Å². The van der Waals surface area contributed by atoms with E-state index in [9.17, 15) is 5.11 Å². The minimum atomic E-state index is 0.173. The monoisotopic (exact) mass is 215 g/mol. The first-order valence-corrected chi connectivity index (χ1v) is 4.98. The van der Waals surface area contributed by atoms with Gasteiger partial charge in [-0.05, 0) is 26.0 Å². The number of hydrogen-bond acceptors (Lipinski definition) is 4. The van der Waals surface area contributed by atoms with Crippen LogP contribution in [-0.4, -0.2) is 15.1 Å². The molecule has 0 atom stereocenters. The highest BCUT2D eigenvalue weighted by Crippen LogP contribution is 2.31. The summed E-state index contributed by atoms with van der Waals surface area (Å²) in [5, 5.41) is 9.75. The predicted molar refractivity (Wildman–Crippen MR) is 63.0 cm³/mol. The van der Waals surface area contributed by atoms with E-state index in [1.165, 1.54) is 0 Å². The zero-order chi connectivity index (χ0) is 11.7. The summed E-state index contributed by atoms with van der Waals surface area (Å²) in [5.74, 6) is 0.816. The lowest BCUT2D eigenvalue weighted by Gasteiger charge is -2.09. The average molecular weight is 215 g/mol. The number of hydrogen-bond donors (Lipinski definition) is 2. The van der Waals surface area contributed by atoms with Gasteiger partial charge in [0.15, 0.2) is 0 Å². The molecule has 16 heavy (non-hydrogen) atoms. The summed E-state index contributed by atoms with van der Waals surface area (Å²) in [5.41, 5.74) is 8.37. The molecular formula is C12H13N3O. The lowest BCUT2D eigenvalue weighted by Crippen LogP contribution is -2.02. The van der Waals surface area contributed by atoms with E-state index in [1.54, 1.807) is 25.1 Å². The number of nitrogens with two attached hydrogens (primary N) is 1. The van der Waals surface area contributed by atoms with Gasteiger partial charge in [-0.15, -0.1) is 0 Å². The number of rotatable bonds is 1. The van der Waals surface area contributed by atoms with Crippen molar-refractivity contribution in [3.8, 4) is 17.0 Å². The van der Waals surface area contributed by atoms with Crippen LogP contribution in [0.4, 0.5) is 5.69 Å². The maximum absolute atomic E-state index is 9.75. The van der Waals surface area contributed by atoms with Gasteiger partial charge in [0.25, 0.3) is 0 Å². The van der Waals surface area contributed by atoms with Crippen molar-refractivity contribution in [2.75, 3.05) is 5.73 Å². The molecule has 0 amide bonds. The molecule has 3 N–H and O–H groups in total. The molecule has 0 aliphatic rings. The van der Waals surface area contributed by atoms with E-state index in [0.717, 1.165) is 5.69 Å². The molecule has 0 saturated heterocycles. The summed E-state index contributed by atoms with van der Waals surface area (Å²) in [6, 6.07) is 6.99. The van der Waals surface area contributed by atoms with Gasteiger partial charge in [-0.25, -0.2) is 9.97 Å². The van der Waals surface area contributed by atoms with Gasteiger partial charge in [0.05, 0.1) is 11.4 Å². The molecule has 0 fully saturated rings. The van der Waals surface area contributed by atoms with Crippen LogP contribution in [0.2, 0.25) is 0 Å². The maximum Gasteiger partial charge on any atom is 0.126 e. The minimum absolute atomic E-state index is 0.173. The maximum atomic E-state index is 9.75. The summed E-state index contributed by atoms with van der Waals surface area (Å²) in [4.78, 5) is 8.44. The fourth-order valence-corrected chi connectivity index (χ4v) is 1.60. The molecule has 0 aliphatic carbocycles. The van der Waals surface area contributed by atoms with E-state index >= 15 is 0 Å². The smallest absolute Gasteiger partial charge is 0.126 e. The molecule has 2 aromatic rings. The van der Waals surface area contributed by atoms with Gasteiger partial charge in [-0.3, -0.25) is 0 Å². The van der Waals surface area contributed by atoms with Gasteiger partial charge in [0.2, 0.25) is 0 Å². The van der Waals surface area contributed by atoms with E-state index in [0.29, 0.717) is 22.8 Å². The zero-order valence-electron chi connectivity index (χ0n) is 9.23. The van der Waals surface area contributed by atoms with Gasteiger partial charge < -0.3 is 10.8 Å². The van der Waals surface area contributed by atoms with Gasteiger partial charge in [-0.1, -0.05) is 12.1 Å². The third kappa shape index (κ3) is 1.69. The molecule has 1 aromatic carbocycles. The summed E-state index contributed by atoms with van der Waals surface area (Å²) >= 11 is 0. The van der Waals surface area contributed by atoms with Crippen LogP contribution in [0.3, 0.4) is 0 Å². The lowest BCUT2D eigenvalue weighted by molar-refractivity contribution is 0.477. The predicted octanol–water partition coefficient (Wildman–Crippen LogP) is 2.05. The molecule has 1 heterocycles. The summed E-state index contributed by atoms with van der Waals surface area (Å²) in [6.07, 6.45) is 0. The quantitative estimate of drug-likeness (QED) is 0.763. The van der Waals surface area contributed by atoms with Crippen LogP contribution in [0.15, 0.2) is 24.3 Å². The lowest BCUT2D eigenvalue weighted by atomic mass is 10.1. The number of nitrogen functional groups attached to an aromatic ring is 1. The fraction of sp³-hybridized carbons (Fsp3) is 0.167. The number of phenols is 1. The van der Waals surface area contributed by atoms with Crippen LogP contribution in [0, 0.1) is 13.8 Å². The Morgan fingerprint density at radius 1 is 1.12 bits per heavy atom. The SMILES string of the molecule is Cc1nc(C)c(N)c(-c2ccccc2O)n1. The van der Waals surface area contributed by atoms with Crippen LogP contribution in [0.25, 0.3) is 11.3 Å². The highest BCUT2D eigenvalue weighted by molar-refractivity contribution is 5.77. The van der Waals surface area contributed by atoms with E-state index in [1.807, 2.05) is 13.0 Å². The Labute approximate surface area is 93.8 Å². The van der Waals surface area contributed by atoms with Gasteiger partial charge in [0.1, 0.15) is 17.3 Å². The Bertz CT molecular complexity index is 538. The van der Waals surface area contributed by atoms with Crippen molar-refractivity contribution in [1.29, 1.82) is 0 Å². The van der Waals surface area contributed by atoms with Crippen LogP contribution < -0.4 is 5.73 Å². The Hall–Kier alpha value is -2.10. The molecule has 0 aliphatic heterocycles. The Morgan fingerprint density at radius 2 is 1.81 bits per heavy atom. The summed E-state index contributed by atoms with van der Waals surface area (Å²) in [6.45, 7) is 3.63. The van der Waals surface area contributed by atoms with E-state index < -0.39 is 0 Å². The van der Waals surface area contributed by atoms with E-state index in [2.05, 4.69) is 9.97 Å². The van der Waals surface area contributed by atoms with Crippen LogP contribution in [0.1, 0.15) is 11.5 Å². The van der Waals surface area contributed by atoms with Crippen LogP contribution in [0.5, 0.6) is 5.75 Å². The van der Waals surface area contributed by atoms with E-state index in [-0.39, 0.29) is 5.75 Å². The van der Waals surface area contributed by atoms with Crippen molar-refractivity contribution in [3.63, 3.8) is 0 Å². The molecule has 0 radical (unpaired) electrons. The standard InChI is InChI=1S/C12H13N3O/c1-7-11(13)12(15-8(2)14-7)9-5-3-4-6-10(9)16/h3-6,16H,13H2,1-2H3. The van der Waals surface area contributed by atoms with Crippen molar-refractivity contribution in [3.05, 3.63) is 35.8 Å². The van der Waals surface area contributed by atoms with Crippen molar-refractivity contribution in [1.82, 2.24) is 9.97 Å². The normalized spacial score (nSPS) is 10.4. The fourth-order valence-electron chi connectivity index (χ4n) is 1.60. The molecule has 4 heteroatoms. The number of benzene rings is 1. The van der Waals surface area contributed by atoms with Gasteiger partial charge in [-0.2, -0.15) is 0 Å². The Balaban J connectivity index is 2.69. The number of anilines is 1. The van der Waals surface area contributed by atoms with Gasteiger partial charge in [0, 0.05) is 5.56 Å². The number of aromatic hydroxyl groups is 1. The first kappa shape index (κ1) is 10.4. The average Bonchev–Trinajstić information content (AvgIpc) is 2.24. The number of nitrogens with zero attached hydrogens (tertiary/aromatic N) is 2. The summed E-state index contributed by atoms with van der Waals surface area (Å²) < 4.78 is 0. The zero-order valence-corrected chi connectivity index (χ0v) is 9.23. The van der Waals surface area contributed by atoms with E-state index in [4.69, 9.17) is 5.73 Å².